The molecular formula is C19H24ClF3N2O2. The van der Waals surface area contributed by atoms with Crippen molar-refractivity contribution < 1.29 is 22.7 Å². The number of aromatic nitrogens is 1. The zero-order valence-electron chi connectivity index (χ0n) is 15.9. The van der Waals surface area contributed by atoms with Crippen LogP contribution in [0.5, 0.6) is 0 Å². The lowest BCUT2D eigenvalue weighted by atomic mass is 9.54. The molecule has 1 saturated heterocycles. The van der Waals surface area contributed by atoms with Gasteiger partial charge in [-0.1, -0.05) is 18.5 Å². The second kappa shape index (κ2) is 6.54. The molecule has 0 aromatic carbocycles. The van der Waals surface area contributed by atoms with Crippen LogP contribution in [0.15, 0.2) is 12.1 Å². The van der Waals surface area contributed by atoms with Crippen molar-refractivity contribution in [1.82, 2.24) is 9.88 Å². The fraction of sp³-hybridized carbons (Fsp3) is 0.684. The summed E-state index contributed by atoms with van der Waals surface area (Å²) in [6.07, 6.45) is -2.94. The average molecular weight is 405 g/mol. The lowest BCUT2D eigenvalue weighted by Crippen LogP contribution is -2.64. The van der Waals surface area contributed by atoms with Gasteiger partial charge in [0.15, 0.2) is 0 Å². The molecule has 150 valence electrons. The molecule has 3 rings (SSSR count). The summed E-state index contributed by atoms with van der Waals surface area (Å²) in [6.45, 7) is 8.82. The van der Waals surface area contributed by atoms with Crippen LogP contribution < -0.4 is 0 Å². The SMILES string of the molecule is CC(c1ccc(C(F)(F)F)c(Cl)n1)C1CC2(C1)CN(C(=O)OC(C)(C)C)C2. The number of carbonyl (C=O) groups is 1. The van der Waals surface area contributed by atoms with Crippen molar-refractivity contribution in [3.8, 4) is 0 Å². The minimum atomic E-state index is -4.50. The highest BCUT2D eigenvalue weighted by molar-refractivity contribution is 6.30. The standard InChI is InChI=1S/C19H24ClF3N2O2/c1-11(14-6-5-13(15(20)24-14)19(21,22)23)12-7-18(8-12)9-25(10-18)16(26)27-17(2,3)4/h5-6,11-12H,7-10H2,1-4H3. The van der Waals surface area contributed by atoms with Gasteiger partial charge in [0.1, 0.15) is 10.8 Å². The van der Waals surface area contributed by atoms with Crippen molar-refractivity contribution in [2.45, 2.75) is 58.2 Å². The van der Waals surface area contributed by atoms with Gasteiger partial charge >= 0.3 is 12.3 Å². The van der Waals surface area contributed by atoms with E-state index in [4.69, 9.17) is 16.3 Å². The highest BCUT2D eigenvalue weighted by Crippen LogP contribution is 2.56. The van der Waals surface area contributed by atoms with Crippen LogP contribution in [0.3, 0.4) is 0 Å². The van der Waals surface area contributed by atoms with Gasteiger partial charge in [0, 0.05) is 30.1 Å². The number of pyridine rings is 1. The first-order valence-electron chi connectivity index (χ1n) is 9.01. The lowest BCUT2D eigenvalue weighted by molar-refractivity contribution is -0.137. The molecule has 0 N–H and O–H groups in total. The minimum absolute atomic E-state index is 0.0194. The Morgan fingerprint density at radius 1 is 1.30 bits per heavy atom. The summed E-state index contributed by atoms with van der Waals surface area (Å²) in [4.78, 5) is 17.7. The molecule has 1 aliphatic carbocycles. The number of alkyl halides is 3. The van der Waals surface area contributed by atoms with Crippen LogP contribution in [0.4, 0.5) is 18.0 Å². The fourth-order valence-electron chi connectivity index (χ4n) is 4.04. The van der Waals surface area contributed by atoms with E-state index in [1.807, 2.05) is 27.7 Å². The number of likely N-dealkylation sites (tertiary alicyclic amines) is 1. The molecule has 1 amide bonds. The van der Waals surface area contributed by atoms with Crippen molar-refractivity contribution >= 4 is 17.7 Å². The summed E-state index contributed by atoms with van der Waals surface area (Å²) in [5, 5.41) is -0.499. The van der Waals surface area contributed by atoms with E-state index in [0.717, 1.165) is 18.9 Å². The minimum Gasteiger partial charge on any atom is -0.444 e. The predicted molar refractivity (Wildman–Crippen MR) is 95.6 cm³/mol. The first-order chi connectivity index (χ1) is 12.3. The Kier molecular flexibility index (Phi) is 4.90. The second-order valence-corrected chi connectivity index (χ2v) is 9.22. The maximum Gasteiger partial charge on any atom is 0.419 e. The van der Waals surface area contributed by atoms with E-state index in [1.165, 1.54) is 6.07 Å². The third kappa shape index (κ3) is 4.18. The van der Waals surface area contributed by atoms with Gasteiger partial charge in [0.05, 0.1) is 5.56 Å². The Morgan fingerprint density at radius 3 is 2.37 bits per heavy atom. The number of carbonyl (C=O) groups excluding carboxylic acids is 1. The average Bonchev–Trinajstić information content (AvgIpc) is 2.40. The summed E-state index contributed by atoms with van der Waals surface area (Å²) < 4.78 is 43.8. The number of amides is 1. The first-order valence-corrected chi connectivity index (χ1v) is 9.39. The molecule has 2 fully saturated rings. The monoisotopic (exact) mass is 404 g/mol. The molecule has 4 nitrogen and oxygen atoms in total. The third-order valence-corrected chi connectivity index (χ3v) is 5.73. The Balaban J connectivity index is 1.55. The van der Waals surface area contributed by atoms with Gasteiger partial charge in [-0.2, -0.15) is 13.2 Å². The summed E-state index contributed by atoms with van der Waals surface area (Å²) in [5.41, 5.74) is -0.719. The summed E-state index contributed by atoms with van der Waals surface area (Å²) >= 11 is 5.74. The molecule has 2 aliphatic rings. The van der Waals surface area contributed by atoms with E-state index in [2.05, 4.69) is 4.98 Å². The normalized spacial score (nSPS) is 20.8. The Bertz CT molecular complexity index is 731. The van der Waals surface area contributed by atoms with E-state index in [9.17, 15) is 18.0 Å². The largest absolute Gasteiger partial charge is 0.444 e. The van der Waals surface area contributed by atoms with E-state index < -0.39 is 22.5 Å². The van der Waals surface area contributed by atoms with Crippen LogP contribution in [0.25, 0.3) is 0 Å². The Labute approximate surface area is 162 Å². The highest BCUT2D eigenvalue weighted by Gasteiger charge is 2.55. The van der Waals surface area contributed by atoms with Gasteiger partial charge in [-0.3, -0.25) is 0 Å². The van der Waals surface area contributed by atoms with Gasteiger partial charge < -0.3 is 9.64 Å². The number of rotatable bonds is 2. The zero-order valence-corrected chi connectivity index (χ0v) is 16.6. The molecule has 1 aliphatic heterocycles. The topological polar surface area (TPSA) is 42.4 Å². The highest BCUT2D eigenvalue weighted by atomic mass is 35.5. The quantitative estimate of drug-likeness (QED) is 0.611. The molecule has 1 aromatic heterocycles. The molecule has 1 unspecified atom stereocenters. The van der Waals surface area contributed by atoms with Crippen molar-refractivity contribution in [1.29, 1.82) is 0 Å². The summed E-state index contributed by atoms with van der Waals surface area (Å²) in [5.74, 6) is 0.345. The van der Waals surface area contributed by atoms with E-state index in [-0.39, 0.29) is 17.4 Å². The van der Waals surface area contributed by atoms with Gasteiger partial charge in [0.2, 0.25) is 0 Å². The van der Waals surface area contributed by atoms with Gasteiger partial charge in [-0.25, -0.2) is 9.78 Å². The molecular weight excluding hydrogens is 381 g/mol. The van der Waals surface area contributed by atoms with E-state index >= 15 is 0 Å². The molecule has 2 heterocycles. The van der Waals surface area contributed by atoms with Gasteiger partial charge in [-0.05, 0) is 51.7 Å². The van der Waals surface area contributed by atoms with Crippen LogP contribution in [-0.4, -0.2) is 34.7 Å². The van der Waals surface area contributed by atoms with Gasteiger partial charge in [-0.15, -0.1) is 0 Å². The Morgan fingerprint density at radius 2 is 1.89 bits per heavy atom. The molecule has 1 spiro atoms. The van der Waals surface area contributed by atoms with Gasteiger partial charge in [0.25, 0.3) is 0 Å². The Hall–Kier alpha value is -1.50. The van der Waals surface area contributed by atoms with Crippen molar-refractivity contribution in [3.63, 3.8) is 0 Å². The van der Waals surface area contributed by atoms with Crippen LogP contribution >= 0.6 is 11.6 Å². The molecule has 0 bridgehead atoms. The van der Waals surface area contributed by atoms with Crippen molar-refractivity contribution in [3.05, 3.63) is 28.5 Å². The maximum absolute atomic E-state index is 12.8. The smallest absolute Gasteiger partial charge is 0.419 e. The van der Waals surface area contributed by atoms with E-state index in [0.29, 0.717) is 24.7 Å². The molecule has 1 atom stereocenters. The van der Waals surface area contributed by atoms with Crippen LogP contribution in [0.2, 0.25) is 5.15 Å². The number of hydrogen-bond acceptors (Lipinski definition) is 3. The maximum atomic E-state index is 12.8. The fourth-order valence-corrected chi connectivity index (χ4v) is 4.31. The van der Waals surface area contributed by atoms with Crippen LogP contribution in [0, 0.1) is 11.3 Å². The molecule has 8 heteroatoms. The third-order valence-electron chi connectivity index (χ3n) is 5.44. The zero-order chi connectivity index (χ0) is 20.2. The van der Waals surface area contributed by atoms with Crippen molar-refractivity contribution in [2.75, 3.05) is 13.1 Å². The van der Waals surface area contributed by atoms with Crippen LogP contribution in [-0.2, 0) is 10.9 Å². The number of hydrogen-bond donors (Lipinski definition) is 0. The number of halogens is 4. The van der Waals surface area contributed by atoms with Crippen LogP contribution in [0.1, 0.15) is 57.7 Å². The predicted octanol–water partition coefficient (Wildman–Crippen LogP) is 5.50. The number of nitrogens with zero attached hydrogens (tertiary/aromatic N) is 2. The molecule has 1 aromatic rings. The van der Waals surface area contributed by atoms with Crippen molar-refractivity contribution in [2.24, 2.45) is 11.3 Å². The number of ether oxygens (including phenoxy) is 1. The molecule has 27 heavy (non-hydrogen) atoms. The van der Waals surface area contributed by atoms with E-state index in [1.54, 1.807) is 4.90 Å². The molecule has 0 radical (unpaired) electrons. The lowest BCUT2D eigenvalue weighted by Gasteiger charge is -2.59. The molecule has 1 saturated carbocycles. The summed E-state index contributed by atoms with van der Waals surface area (Å²) in [6, 6.07) is 2.42. The first kappa shape index (κ1) is 20.2. The second-order valence-electron chi connectivity index (χ2n) is 8.87. The summed E-state index contributed by atoms with van der Waals surface area (Å²) in [7, 11) is 0.